The molecule has 7 heterocycles. The Morgan fingerprint density at radius 1 is 0.855 bits per heavy atom. The van der Waals surface area contributed by atoms with E-state index in [0.717, 1.165) is 118 Å². The van der Waals surface area contributed by atoms with Crippen molar-refractivity contribution in [3.63, 3.8) is 0 Å². The number of amides is 4. The summed E-state index contributed by atoms with van der Waals surface area (Å²) in [4.78, 5) is 67.7. The number of hydrogen-bond donors (Lipinski definition) is 2. The van der Waals surface area contributed by atoms with E-state index in [1.807, 2.05) is 12.1 Å². The number of rotatable bonds is 8. The molecule has 0 saturated carbocycles. The molecule has 55 heavy (non-hydrogen) atoms. The van der Waals surface area contributed by atoms with Crippen LogP contribution in [0, 0.1) is 5.92 Å². The van der Waals surface area contributed by atoms with E-state index in [9.17, 15) is 19.2 Å². The zero-order valence-corrected chi connectivity index (χ0v) is 31.2. The Kier molecular flexibility index (Phi) is 9.67. The van der Waals surface area contributed by atoms with Crippen LogP contribution in [0.2, 0.25) is 0 Å². The Morgan fingerprint density at radius 2 is 1.64 bits per heavy atom. The summed E-state index contributed by atoms with van der Waals surface area (Å²) in [6.07, 6.45) is 13.8. The van der Waals surface area contributed by atoms with E-state index in [2.05, 4.69) is 64.4 Å². The van der Waals surface area contributed by atoms with Crippen molar-refractivity contribution in [3.8, 4) is 0 Å². The van der Waals surface area contributed by atoms with Crippen molar-refractivity contribution in [2.45, 2.75) is 76.4 Å². The monoisotopic (exact) mass is 744 g/mol. The zero-order chi connectivity index (χ0) is 37.5. The third-order valence-electron chi connectivity index (χ3n) is 12.3. The van der Waals surface area contributed by atoms with Gasteiger partial charge in [-0.25, -0.2) is 9.97 Å². The average molecular weight is 745 g/mol. The molecule has 14 nitrogen and oxygen atoms in total. The number of imide groups is 1. The van der Waals surface area contributed by atoms with Gasteiger partial charge in [0, 0.05) is 94.0 Å². The van der Waals surface area contributed by atoms with E-state index in [1.54, 1.807) is 23.4 Å². The molecule has 286 valence electrons. The van der Waals surface area contributed by atoms with Gasteiger partial charge in [-0.05, 0) is 99.2 Å². The van der Waals surface area contributed by atoms with Gasteiger partial charge in [0.15, 0.2) is 0 Å². The van der Waals surface area contributed by atoms with Crippen molar-refractivity contribution in [2.75, 3.05) is 60.9 Å². The van der Waals surface area contributed by atoms with E-state index < -0.39 is 6.04 Å². The van der Waals surface area contributed by atoms with Crippen LogP contribution >= 0.6 is 0 Å². The van der Waals surface area contributed by atoms with Gasteiger partial charge in [-0.3, -0.25) is 29.2 Å². The largest absolute Gasteiger partial charge is 0.372 e. The average Bonchev–Trinajstić information content (AvgIpc) is 3.78. The first-order valence-corrected chi connectivity index (χ1v) is 20.0. The fourth-order valence-electron chi connectivity index (χ4n) is 9.22. The van der Waals surface area contributed by atoms with Crippen molar-refractivity contribution >= 4 is 51.6 Å². The molecule has 2 N–H and O–H groups in total. The van der Waals surface area contributed by atoms with Gasteiger partial charge in [0.05, 0.1) is 22.9 Å². The van der Waals surface area contributed by atoms with Crippen LogP contribution in [0.1, 0.15) is 90.4 Å². The number of carbonyl (C=O) groups is 4. The fraction of sp³-hybridized carbons (Fsp3) is 0.488. The summed E-state index contributed by atoms with van der Waals surface area (Å²) in [5, 5.41) is 11.6. The van der Waals surface area contributed by atoms with E-state index in [-0.39, 0.29) is 35.9 Å². The molecular formula is C41H48N10O4. The summed E-state index contributed by atoms with van der Waals surface area (Å²) >= 11 is 0. The Balaban J connectivity index is 0.793. The quantitative estimate of drug-likeness (QED) is 0.249. The summed E-state index contributed by atoms with van der Waals surface area (Å²) in [6, 6.07) is 11.7. The highest BCUT2D eigenvalue weighted by atomic mass is 16.2. The van der Waals surface area contributed by atoms with Gasteiger partial charge >= 0.3 is 0 Å². The molecule has 9 rings (SSSR count). The number of carbonyl (C=O) groups excluding carboxylic acids is 4. The molecule has 4 amide bonds. The molecule has 2 aromatic carbocycles. The van der Waals surface area contributed by atoms with Crippen LogP contribution in [-0.4, -0.2) is 105 Å². The minimum absolute atomic E-state index is 0.129. The van der Waals surface area contributed by atoms with Gasteiger partial charge in [-0.15, -0.1) is 0 Å². The first-order chi connectivity index (χ1) is 26.9. The number of aromatic nitrogens is 4. The van der Waals surface area contributed by atoms with Gasteiger partial charge in [-0.2, -0.15) is 5.10 Å². The van der Waals surface area contributed by atoms with E-state index in [0.29, 0.717) is 30.5 Å². The summed E-state index contributed by atoms with van der Waals surface area (Å²) in [5.74, 6) is -0.300. The van der Waals surface area contributed by atoms with Crippen LogP contribution in [0.15, 0.2) is 55.0 Å². The SMILES string of the molecule is O=C1CCC(N2Cc3cc(N4CCC(CN5CCC(n6cc7cc(NC(=O)c8ncccn8)c(N8CCCCC8)cc7n6)CC5)CC4)ccc3C2=O)C(=O)N1. The lowest BCUT2D eigenvalue weighted by Gasteiger charge is -2.38. The van der Waals surface area contributed by atoms with Crippen LogP contribution in [0.3, 0.4) is 0 Å². The topological polar surface area (TPSA) is 149 Å². The normalized spacial score (nSPS) is 21.6. The molecule has 14 heteroatoms. The standard InChI is InChI=1S/C41H48N10O4/c52-37-8-7-35(39(53)45-37)50-25-28-21-31(5-6-32(28)41(50)55)48-19-9-27(10-20-48)24-47-17-11-30(12-18-47)51-26-29-22-34(44-40(54)38-42-13-4-14-43-38)36(23-33(29)46-51)49-15-2-1-3-16-49/h4-6,13-14,21-23,26-27,30,35H,1-3,7-12,15-20,24-25H2,(H,44,54)(H,45,52,53). The summed E-state index contributed by atoms with van der Waals surface area (Å²) in [6.45, 7) is 7.46. The molecule has 1 atom stereocenters. The highest BCUT2D eigenvalue weighted by Crippen LogP contribution is 2.36. The molecule has 4 fully saturated rings. The summed E-state index contributed by atoms with van der Waals surface area (Å²) in [5.41, 5.74) is 5.47. The van der Waals surface area contributed by atoms with Crippen molar-refractivity contribution in [1.29, 1.82) is 0 Å². The van der Waals surface area contributed by atoms with Gasteiger partial charge in [0.1, 0.15) is 6.04 Å². The third kappa shape index (κ3) is 7.27. The van der Waals surface area contributed by atoms with Crippen LogP contribution in [-0.2, 0) is 16.1 Å². The molecule has 4 saturated heterocycles. The number of nitrogens with zero attached hydrogens (tertiary/aromatic N) is 8. The maximum atomic E-state index is 13.2. The second-order valence-corrected chi connectivity index (χ2v) is 15.8. The maximum absolute atomic E-state index is 13.2. The van der Waals surface area contributed by atoms with Gasteiger partial charge in [0.2, 0.25) is 17.6 Å². The summed E-state index contributed by atoms with van der Waals surface area (Å²) < 4.78 is 2.15. The number of hydrogen-bond acceptors (Lipinski definition) is 10. The molecule has 0 radical (unpaired) electrons. The molecule has 0 bridgehead atoms. The Hall–Kier alpha value is -5.37. The molecule has 1 unspecified atom stereocenters. The number of benzene rings is 2. The van der Waals surface area contributed by atoms with Crippen LogP contribution in [0.25, 0.3) is 10.9 Å². The Bertz CT molecular complexity index is 2100. The highest BCUT2D eigenvalue weighted by Gasteiger charge is 2.39. The molecule has 4 aromatic rings. The van der Waals surface area contributed by atoms with Crippen molar-refractivity contribution in [1.82, 2.24) is 34.9 Å². The Morgan fingerprint density at radius 3 is 2.40 bits per heavy atom. The van der Waals surface area contributed by atoms with Crippen LogP contribution < -0.4 is 20.4 Å². The maximum Gasteiger partial charge on any atom is 0.293 e. The number of anilines is 3. The lowest BCUT2D eigenvalue weighted by Crippen LogP contribution is -2.52. The predicted molar refractivity (Wildman–Crippen MR) is 208 cm³/mol. The van der Waals surface area contributed by atoms with Gasteiger partial charge in [-0.1, -0.05) is 0 Å². The minimum atomic E-state index is -0.594. The Labute approximate surface area is 320 Å². The smallest absolute Gasteiger partial charge is 0.293 e. The molecule has 0 aliphatic carbocycles. The molecular weight excluding hydrogens is 697 g/mol. The molecule has 2 aromatic heterocycles. The van der Waals surface area contributed by atoms with Crippen molar-refractivity contribution in [3.05, 3.63) is 71.9 Å². The number of piperidine rings is 4. The van der Waals surface area contributed by atoms with E-state index >= 15 is 0 Å². The van der Waals surface area contributed by atoms with Gasteiger partial charge in [0.25, 0.3) is 11.8 Å². The van der Waals surface area contributed by atoms with E-state index in [4.69, 9.17) is 5.10 Å². The molecule has 5 aliphatic heterocycles. The summed E-state index contributed by atoms with van der Waals surface area (Å²) in [7, 11) is 0. The number of nitrogens with one attached hydrogen (secondary N) is 2. The second kappa shape index (κ2) is 15.0. The van der Waals surface area contributed by atoms with Crippen LogP contribution in [0.4, 0.5) is 17.1 Å². The number of fused-ring (bicyclic) bond motifs is 2. The number of likely N-dealkylation sites (tertiary alicyclic amines) is 1. The second-order valence-electron chi connectivity index (χ2n) is 15.8. The first kappa shape index (κ1) is 35.3. The molecule has 0 spiro atoms. The fourth-order valence-corrected chi connectivity index (χ4v) is 9.22. The van der Waals surface area contributed by atoms with Crippen LogP contribution in [0.5, 0.6) is 0 Å². The van der Waals surface area contributed by atoms with Gasteiger partial charge < -0.3 is 24.9 Å². The predicted octanol–water partition coefficient (Wildman–Crippen LogP) is 4.38. The minimum Gasteiger partial charge on any atom is -0.372 e. The van der Waals surface area contributed by atoms with Crippen molar-refractivity contribution < 1.29 is 19.2 Å². The van der Waals surface area contributed by atoms with E-state index in [1.165, 1.54) is 6.42 Å². The lowest BCUT2D eigenvalue weighted by atomic mass is 9.94. The van der Waals surface area contributed by atoms with Crippen molar-refractivity contribution in [2.24, 2.45) is 5.92 Å². The lowest BCUT2D eigenvalue weighted by molar-refractivity contribution is -0.136. The highest BCUT2D eigenvalue weighted by molar-refractivity contribution is 6.06. The zero-order valence-electron chi connectivity index (χ0n) is 31.2. The first-order valence-electron chi connectivity index (χ1n) is 20.0. The molecule has 5 aliphatic rings. The third-order valence-corrected chi connectivity index (χ3v) is 12.3.